The Morgan fingerprint density at radius 3 is 2.58 bits per heavy atom. The van der Waals surface area contributed by atoms with Crippen LogP contribution in [0.5, 0.6) is 0 Å². The van der Waals surface area contributed by atoms with E-state index < -0.39 is 16.8 Å². The fourth-order valence-electron chi connectivity index (χ4n) is 2.16. The highest BCUT2D eigenvalue weighted by Gasteiger charge is 2.36. The van der Waals surface area contributed by atoms with E-state index in [1.165, 1.54) is 12.1 Å². The van der Waals surface area contributed by atoms with Gasteiger partial charge in [0.2, 0.25) is 0 Å². The smallest absolute Gasteiger partial charge is 0.311 e. The highest BCUT2D eigenvalue weighted by Crippen LogP contribution is 2.26. The van der Waals surface area contributed by atoms with Gasteiger partial charge in [0.1, 0.15) is 5.92 Å². The highest BCUT2D eigenvalue weighted by molar-refractivity contribution is 5.72. The summed E-state index contributed by atoms with van der Waals surface area (Å²) in [5.74, 6) is -1.48. The molecule has 0 bridgehead atoms. The van der Waals surface area contributed by atoms with Gasteiger partial charge < -0.3 is 14.7 Å². The number of non-ortho nitro benzene ring substituents is 1. The standard InChI is InChI=1S/C12H14N2O5/c1-13(11-7-19-6-10(11)12(15)16)8-2-4-9(5-3-8)14(17)18/h2-5,10-11H,6-7H2,1H3,(H,15,16). The SMILES string of the molecule is CN(c1ccc([N+](=O)[O-])cc1)C1COCC1C(=O)O. The molecule has 19 heavy (non-hydrogen) atoms. The number of likely N-dealkylation sites (N-methyl/N-ethyl adjacent to an activating group) is 1. The van der Waals surface area contributed by atoms with Crippen molar-refractivity contribution in [1.29, 1.82) is 0 Å². The number of nitrogens with zero attached hydrogens (tertiary/aromatic N) is 2. The van der Waals surface area contributed by atoms with Gasteiger partial charge in [0.25, 0.3) is 5.69 Å². The molecule has 1 heterocycles. The molecule has 7 nitrogen and oxygen atoms in total. The summed E-state index contributed by atoms with van der Waals surface area (Å²) in [5, 5.41) is 19.7. The summed E-state index contributed by atoms with van der Waals surface area (Å²) in [4.78, 5) is 23.0. The van der Waals surface area contributed by atoms with Crippen molar-refractivity contribution in [1.82, 2.24) is 0 Å². The van der Waals surface area contributed by atoms with Gasteiger partial charge in [-0.25, -0.2) is 0 Å². The first-order chi connectivity index (χ1) is 9.00. The van der Waals surface area contributed by atoms with Crippen molar-refractivity contribution < 1.29 is 19.6 Å². The van der Waals surface area contributed by atoms with Crippen molar-refractivity contribution in [2.45, 2.75) is 6.04 Å². The minimum Gasteiger partial charge on any atom is -0.481 e. The Morgan fingerprint density at radius 1 is 1.42 bits per heavy atom. The van der Waals surface area contributed by atoms with Crippen LogP contribution in [0.25, 0.3) is 0 Å². The lowest BCUT2D eigenvalue weighted by Gasteiger charge is -2.28. The number of hydrogen-bond donors (Lipinski definition) is 1. The Labute approximate surface area is 109 Å². The molecule has 0 spiro atoms. The first-order valence-electron chi connectivity index (χ1n) is 5.78. The van der Waals surface area contributed by atoms with E-state index in [2.05, 4.69) is 0 Å². The summed E-state index contributed by atoms with van der Waals surface area (Å²) in [6.45, 7) is 0.530. The van der Waals surface area contributed by atoms with E-state index in [-0.39, 0.29) is 18.3 Å². The third-order valence-electron chi connectivity index (χ3n) is 3.33. The molecule has 0 aromatic heterocycles. The van der Waals surface area contributed by atoms with Gasteiger partial charge in [-0.1, -0.05) is 0 Å². The quantitative estimate of drug-likeness (QED) is 0.648. The molecule has 2 unspecified atom stereocenters. The van der Waals surface area contributed by atoms with E-state index in [9.17, 15) is 14.9 Å². The maximum atomic E-state index is 11.1. The molecule has 0 saturated carbocycles. The van der Waals surface area contributed by atoms with Gasteiger partial charge in [-0.15, -0.1) is 0 Å². The molecule has 1 aromatic rings. The number of ether oxygens (including phenoxy) is 1. The molecule has 1 aliphatic heterocycles. The number of anilines is 1. The van der Waals surface area contributed by atoms with Crippen LogP contribution < -0.4 is 4.90 Å². The largest absolute Gasteiger partial charge is 0.481 e. The van der Waals surface area contributed by atoms with Crippen LogP contribution in [0.1, 0.15) is 0 Å². The number of carboxylic acids is 1. The molecule has 1 aromatic carbocycles. The fraction of sp³-hybridized carbons (Fsp3) is 0.417. The average Bonchev–Trinajstić information content (AvgIpc) is 2.87. The van der Waals surface area contributed by atoms with Crippen molar-refractivity contribution >= 4 is 17.3 Å². The Morgan fingerprint density at radius 2 is 2.05 bits per heavy atom. The summed E-state index contributed by atoms with van der Waals surface area (Å²) < 4.78 is 5.20. The summed E-state index contributed by atoms with van der Waals surface area (Å²) in [7, 11) is 1.76. The molecule has 1 saturated heterocycles. The molecule has 2 atom stereocenters. The van der Waals surface area contributed by atoms with Crippen molar-refractivity contribution in [2.75, 3.05) is 25.2 Å². The number of nitro groups is 1. The van der Waals surface area contributed by atoms with Crippen LogP contribution in [0, 0.1) is 16.0 Å². The Hall–Kier alpha value is -2.15. The van der Waals surface area contributed by atoms with Crippen LogP contribution in [0.4, 0.5) is 11.4 Å². The number of carbonyl (C=O) groups is 1. The second-order valence-electron chi connectivity index (χ2n) is 4.43. The maximum absolute atomic E-state index is 11.1. The molecule has 1 N–H and O–H groups in total. The zero-order valence-electron chi connectivity index (χ0n) is 10.4. The van der Waals surface area contributed by atoms with Crippen LogP contribution in [-0.2, 0) is 9.53 Å². The highest BCUT2D eigenvalue weighted by atomic mass is 16.6. The monoisotopic (exact) mass is 266 g/mol. The number of aliphatic carboxylic acids is 1. The van der Waals surface area contributed by atoms with Crippen molar-refractivity contribution in [2.24, 2.45) is 5.92 Å². The molecule has 0 aliphatic carbocycles. The number of carboxylic acid groups (broad SMARTS) is 1. The third kappa shape index (κ3) is 2.65. The van der Waals surface area contributed by atoms with Gasteiger partial charge in [-0.05, 0) is 12.1 Å². The van der Waals surface area contributed by atoms with E-state index in [4.69, 9.17) is 9.84 Å². The molecule has 1 fully saturated rings. The van der Waals surface area contributed by atoms with Gasteiger partial charge in [-0.3, -0.25) is 14.9 Å². The molecule has 0 radical (unpaired) electrons. The van der Waals surface area contributed by atoms with Crippen molar-refractivity contribution in [3.63, 3.8) is 0 Å². The Balaban J connectivity index is 2.17. The topological polar surface area (TPSA) is 92.9 Å². The lowest BCUT2D eigenvalue weighted by molar-refractivity contribution is -0.384. The lowest BCUT2D eigenvalue weighted by atomic mass is 10.0. The second kappa shape index (κ2) is 5.23. The minimum absolute atomic E-state index is 0.00889. The number of benzene rings is 1. The second-order valence-corrected chi connectivity index (χ2v) is 4.43. The minimum atomic E-state index is -0.892. The fourth-order valence-corrected chi connectivity index (χ4v) is 2.16. The summed E-state index contributed by atoms with van der Waals surface area (Å²) in [5.41, 5.74) is 0.738. The molecular weight excluding hydrogens is 252 g/mol. The lowest BCUT2D eigenvalue weighted by Crippen LogP contribution is -2.40. The molecular formula is C12H14N2O5. The van der Waals surface area contributed by atoms with E-state index in [1.54, 1.807) is 24.1 Å². The first kappa shape index (κ1) is 13.3. The van der Waals surface area contributed by atoms with E-state index in [1.807, 2.05) is 0 Å². The van der Waals surface area contributed by atoms with Crippen LogP contribution in [-0.4, -0.2) is 42.3 Å². The van der Waals surface area contributed by atoms with Gasteiger partial charge in [0.05, 0.1) is 24.2 Å². The maximum Gasteiger partial charge on any atom is 0.311 e. The molecule has 102 valence electrons. The van der Waals surface area contributed by atoms with E-state index >= 15 is 0 Å². The summed E-state index contributed by atoms with van der Waals surface area (Å²) >= 11 is 0. The molecule has 2 rings (SSSR count). The number of rotatable bonds is 4. The first-order valence-corrected chi connectivity index (χ1v) is 5.78. The van der Waals surface area contributed by atoms with E-state index in [0.29, 0.717) is 6.61 Å². The van der Waals surface area contributed by atoms with Crippen LogP contribution in [0.3, 0.4) is 0 Å². The van der Waals surface area contributed by atoms with Gasteiger partial charge in [0.15, 0.2) is 0 Å². The third-order valence-corrected chi connectivity index (χ3v) is 3.33. The number of hydrogen-bond acceptors (Lipinski definition) is 5. The molecule has 0 amide bonds. The van der Waals surface area contributed by atoms with Crippen molar-refractivity contribution in [3.05, 3.63) is 34.4 Å². The number of nitro benzene ring substituents is 1. The van der Waals surface area contributed by atoms with Crippen LogP contribution in [0.2, 0.25) is 0 Å². The predicted octanol–water partition coefficient (Wildman–Crippen LogP) is 1.13. The van der Waals surface area contributed by atoms with Gasteiger partial charge in [-0.2, -0.15) is 0 Å². The zero-order chi connectivity index (χ0) is 14.0. The predicted molar refractivity (Wildman–Crippen MR) is 67.2 cm³/mol. The Kier molecular flexibility index (Phi) is 3.66. The van der Waals surface area contributed by atoms with Crippen LogP contribution >= 0.6 is 0 Å². The van der Waals surface area contributed by atoms with Gasteiger partial charge in [0, 0.05) is 24.9 Å². The van der Waals surface area contributed by atoms with Crippen LogP contribution in [0.15, 0.2) is 24.3 Å². The van der Waals surface area contributed by atoms with Gasteiger partial charge >= 0.3 is 5.97 Å². The summed E-state index contributed by atoms with van der Waals surface area (Å²) in [6, 6.07) is 5.75. The average molecular weight is 266 g/mol. The Bertz CT molecular complexity index is 487. The zero-order valence-corrected chi connectivity index (χ0v) is 10.4. The molecule has 1 aliphatic rings. The van der Waals surface area contributed by atoms with E-state index in [0.717, 1.165) is 5.69 Å². The molecule has 7 heteroatoms. The normalized spacial score (nSPS) is 22.2. The summed E-state index contributed by atoms with van der Waals surface area (Å²) in [6.07, 6.45) is 0. The van der Waals surface area contributed by atoms with Crippen molar-refractivity contribution in [3.8, 4) is 0 Å².